The van der Waals surface area contributed by atoms with Crippen molar-refractivity contribution in [1.29, 1.82) is 0 Å². The van der Waals surface area contributed by atoms with E-state index in [4.69, 9.17) is 14.0 Å². The Kier molecular flexibility index (Phi) is 7.50. The molecule has 2 aliphatic rings. The van der Waals surface area contributed by atoms with Crippen molar-refractivity contribution in [3.8, 4) is 5.75 Å². The van der Waals surface area contributed by atoms with Crippen molar-refractivity contribution in [3.05, 3.63) is 80.8 Å². The summed E-state index contributed by atoms with van der Waals surface area (Å²) >= 11 is 0. The highest BCUT2D eigenvalue weighted by molar-refractivity contribution is 6.01. The minimum absolute atomic E-state index is 0.0975. The zero-order valence-electron chi connectivity index (χ0n) is 22.5. The van der Waals surface area contributed by atoms with Gasteiger partial charge in [0.15, 0.2) is 0 Å². The molecule has 5 rings (SSSR count). The van der Waals surface area contributed by atoms with Gasteiger partial charge in [0, 0.05) is 29.8 Å². The number of hydrogen-bond donors (Lipinski definition) is 2. The van der Waals surface area contributed by atoms with Crippen LogP contribution in [0, 0.1) is 17.6 Å². The number of fused-ring (bicyclic) bond motifs is 1. The topological polar surface area (TPSA) is 114 Å². The zero-order valence-corrected chi connectivity index (χ0v) is 22.5. The average Bonchev–Trinajstić information content (AvgIpc) is 3.63. The number of H-pyrrole nitrogens is 1. The fourth-order valence-electron chi connectivity index (χ4n) is 5.10. The van der Waals surface area contributed by atoms with E-state index in [1.807, 2.05) is 0 Å². The van der Waals surface area contributed by atoms with Crippen LogP contribution in [0.25, 0.3) is 0 Å². The number of rotatable bonds is 9. The third-order valence-corrected chi connectivity index (χ3v) is 7.32. The second-order valence-electron chi connectivity index (χ2n) is 10.9. The Morgan fingerprint density at radius 2 is 1.88 bits per heavy atom. The number of halogens is 2. The van der Waals surface area contributed by atoms with Gasteiger partial charge in [-0.2, -0.15) is 5.16 Å². The fourth-order valence-corrected chi connectivity index (χ4v) is 5.10. The van der Waals surface area contributed by atoms with E-state index < -0.39 is 40.5 Å². The molecule has 0 spiro atoms. The van der Waals surface area contributed by atoms with Gasteiger partial charge in [0.1, 0.15) is 23.4 Å². The summed E-state index contributed by atoms with van der Waals surface area (Å²) in [5.74, 6) is -2.15. The quantitative estimate of drug-likeness (QED) is 0.406. The third-order valence-electron chi connectivity index (χ3n) is 7.32. The monoisotopic (exact) mass is 555 g/mol. The van der Waals surface area contributed by atoms with E-state index in [-0.39, 0.29) is 30.2 Å². The Morgan fingerprint density at radius 3 is 2.50 bits per heavy atom. The number of methoxy groups -OCH3 is 1. The standard InChI is InChI=1S/C29H31F2N3O6/c1-29(2,15-39-14-16-4-5-16)25-21(30)11-18(12-22(25)31)32-27(36)26-20-7-6-19(38-3)10-17(20)8-9-34(26)28(37)23-13-24(35)33-40-23/h6-7,10-13,16,26H,4-5,8-9,14-15H2,1-3H3,(H,32,36)(H,33,35)/t26-/m1/s1. The Bertz CT molecular complexity index is 1470. The molecule has 2 heterocycles. The van der Waals surface area contributed by atoms with Crippen LogP contribution in [0.1, 0.15) is 60.0 Å². The summed E-state index contributed by atoms with van der Waals surface area (Å²) in [6.07, 6.45) is 2.63. The van der Waals surface area contributed by atoms with Gasteiger partial charge in [0.25, 0.3) is 17.4 Å². The minimum Gasteiger partial charge on any atom is -0.497 e. The molecule has 2 amide bonds. The molecule has 1 fully saturated rings. The van der Waals surface area contributed by atoms with Crippen LogP contribution in [0.4, 0.5) is 14.5 Å². The molecule has 0 saturated heterocycles. The highest BCUT2D eigenvalue weighted by Crippen LogP contribution is 2.36. The third kappa shape index (κ3) is 5.65. The lowest BCUT2D eigenvalue weighted by atomic mass is 9.84. The average molecular weight is 556 g/mol. The molecule has 0 bridgehead atoms. The Labute approximate surface area is 229 Å². The van der Waals surface area contributed by atoms with Crippen LogP contribution in [0.2, 0.25) is 0 Å². The molecule has 1 aliphatic carbocycles. The summed E-state index contributed by atoms with van der Waals surface area (Å²) in [4.78, 5) is 39.7. The summed E-state index contributed by atoms with van der Waals surface area (Å²) in [6.45, 7) is 4.25. The van der Waals surface area contributed by atoms with Crippen LogP contribution in [-0.2, 0) is 21.4 Å². The van der Waals surface area contributed by atoms with Crippen LogP contribution >= 0.6 is 0 Å². The Morgan fingerprint density at radius 1 is 1.15 bits per heavy atom. The van der Waals surface area contributed by atoms with Gasteiger partial charge in [-0.05, 0) is 60.6 Å². The molecule has 1 saturated carbocycles. The maximum atomic E-state index is 15.3. The number of anilines is 1. The Hall–Kier alpha value is -3.99. The largest absolute Gasteiger partial charge is 0.497 e. The van der Waals surface area contributed by atoms with Gasteiger partial charge >= 0.3 is 0 Å². The van der Waals surface area contributed by atoms with Gasteiger partial charge in [0.05, 0.1) is 19.8 Å². The maximum absolute atomic E-state index is 15.3. The second kappa shape index (κ2) is 10.9. The normalized spacial score (nSPS) is 16.9. The van der Waals surface area contributed by atoms with E-state index in [0.29, 0.717) is 30.3 Å². The summed E-state index contributed by atoms with van der Waals surface area (Å²) in [7, 11) is 1.52. The lowest BCUT2D eigenvalue weighted by molar-refractivity contribution is -0.121. The first-order valence-corrected chi connectivity index (χ1v) is 13.1. The van der Waals surface area contributed by atoms with Crippen LogP contribution in [0.3, 0.4) is 0 Å². The van der Waals surface area contributed by atoms with Crippen LogP contribution in [-0.4, -0.2) is 48.7 Å². The molecule has 3 aromatic rings. The zero-order chi connectivity index (χ0) is 28.6. The predicted molar refractivity (Wildman–Crippen MR) is 141 cm³/mol. The first-order valence-electron chi connectivity index (χ1n) is 13.1. The number of ether oxygens (including phenoxy) is 2. The molecule has 1 aromatic heterocycles. The fraction of sp³-hybridized carbons (Fsp3) is 0.414. The van der Waals surface area contributed by atoms with E-state index in [1.165, 1.54) is 12.0 Å². The van der Waals surface area contributed by atoms with Crippen LogP contribution < -0.4 is 15.6 Å². The number of aromatic nitrogens is 1. The summed E-state index contributed by atoms with van der Waals surface area (Å²) in [5.41, 5.74) is -0.466. The number of nitrogens with one attached hydrogen (secondary N) is 2. The molecular formula is C29H31F2N3O6. The minimum atomic E-state index is -1.17. The first kappa shape index (κ1) is 27.6. The van der Waals surface area contributed by atoms with E-state index in [1.54, 1.807) is 32.0 Å². The van der Waals surface area contributed by atoms with Crippen molar-refractivity contribution < 1.29 is 32.4 Å². The van der Waals surface area contributed by atoms with Crippen molar-refractivity contribution in [2.24, 2.45) is 5.92 Å². The molecule has 9 nitrogen and oxygen atoms in total. The predicted octanol–water partition coefficient (Wildman–Crippen LogP) is 4.34. The number of hydrogen-bond acceptors (Lipinski definition) is 6. The second-order valence-corrected chi connectivity index (χ2v) is 10.9. The van der Waals surface area contributed by atoms with Gasteiger partial charge in [-0.15, -0.1) is 0 Å². The number of aromatic amines is 1. The number of benzene rings is 2. The molecular weight excluding hydrogens is 524 g/mol. The van der Waals surface area contributed by atoms with Gasteiger partial charge in [-0.3, -0.25) is 14.4 Å². The van der Waals surface area contributed by atoms with Crippen molar-refractivity contribution >= 4 is 17.5 Å². The molecule has 1 aliphatic heterocycles. The van der Waals surface area contributed by atoms with Gasteiger partial charge in [0.2, 0.25) is 5.76 Å². The molecule has 11 heteroatoms. The molecule has 212 valence electrons. The SMILES string of the molecule is COc1ccc2c(c1)CCN(C(=O)c1cc(=O)[nH]o1)[C@H]2C(=O)Nc1cc(F)c(C(C)(C)COCC2CC2)c(F)c1. The lowest BCUT2D eigenvalue weighted by Gasteiger charge is -2.36. The van der Waals surface area contributed by atoms with Gasteiger partial charge in [-0.1, -0.05) is 19.9 Å². The maximum Gasteiger partial charge on any atom is 0.293 e. The van der Waals surface area contributed by atoms with E-state index in [2.05, 4.69) is 10.5 Å². The van der Waals surface area contributed by atoms with Crippen LogP contribution in [0.15, 0.2) is 45.7 Å². The van der Waals surface area contributed by atoms with Crippen molar-refractivity contribution in [1.82, 2.24) is 10.1 Å². The van der Waals surface area contributed by atoms with Crippen LogP contribution in [0.5, 0.6) is 5.75 Å². The van der Waals surface area contributed by atoms with Gasteiger partial charge < -0.3 is 24.2 Å². The first-order chi connectivity index (χ1) is 19.1. The number of carbonyl (C=O) groups excluding carboxylic acids is 2. The smallest absolute Gasteiger partial charge is 0.293 e. The summed E-state index contributed by atoms with van der Waals surface area (Å²) < 4.78 is 46.5. The van der Waals surface area contributed by atoms with Crippen molar-refractivity contribution in [3.63, 3.8) is 0 Å². The molecule has 0 radical (unpaired) electrons. The summed E-state index contributed by atoms with van der Waals surface area (Å²) in [6, 6.07) is 7.06. The number of amides is 2. The highest BCUT2D eigenvalue weighted by atomic mass is 19.1. The molecule has 40 heavy (non-hydrogen) atoms. The van der Waals surface area contributed by atoms with E-state index in [9.17, 15) is 14.4 Å². The highest BCUT2D eigenvalue weighted by Gasteiger charge is 2.38. The Balaban J connectivity index is 1.42. The van der Waals surface area contributed by atoms with Crippen molar-refractivity contribution in [2.75, 3.05) is 32.2 Å². The van der Waals surface area contributed by atoms with E-state index >= 15 is 8.78 Å². The number of nitrogens with zero attached hydrogens (tertiary/aromatic N) is 1. The van der Waals surface area contributed by atoms with Crippen molar-refractivity contribution in [2.45, 2.75) is 44.6 Å². The molecule has 2 N–H and O–H groups in total. The number of carbonyl (C=O) groups is 2. The van der Waals surface area contributed by atoms with Gasteiger partial charge in [-0.25, -0.2) is 8.78 Å². The van der Waals surface area contributed by atoms with E-state index in [0.717, 1.165) is 36.6 Å². The summed E-state index contributed by atoms with van der Waals surface area (Å²) in [5, 5.41) is 4.64. The molecule has 0 unspecified atom stereocenters. The lowest BCUT2D eigenvalue weighted by Crippen LogP contribution is -2.45. The molecule has 2 aromatic carbocycles. The molecule has 1 atom stereocenters.